The maximum Gasteiger partial charge on any atom is 0.276 e. The fourth-order valence-electron chi connectivity index (χ4n) is 2.58. The van der Waals surface area contributed by atoms with Crippen molar-refractivity contribution < 1.29 is 13.2 Å². The average Bonchev–Trinajstić information content (AvgIpc) is 3.02. The molecule has 0 fully saturated rings. The highest BCUT2D eigenvalue weighted by Crippen LogP contribution is 2.30. The predicted molar refractivity (Wildman–Crippen MR) is 97.1 cm³/mol. The van der Waals surface area contributed by atoms with Gasteiger partial charge in [0.05, 0.1) is 11.4 Å². The van der Waals surface area contributed by atoms with Gasteiger partial charge in [-0.1, -0.05) is 19.4 Å². The van der Waals surface area contributed by atoms with Gasteiger partial charge >= 0.3 is 0 Å². The minimum absolute atomic E-state index is 0.181. The molecular formula is C16H20N4O3S2. The molecule has 2 aromatic heterocycles. The zero-order valence-electron chi connectivity index (χ0n) is 13.9. The highest BCUT2D eigenvalue weighted by atomic mass is 32.2. The summed E-state index contributed by atoms with van der Waals surface area (Å²) in [5, 5.41) is 3.22. The van der Waals surface area contributed by atoms with E-state index in [-0.39, 0.29) is 11.7 Å². The summed E-state index contributed by atoms with van der Waals surface area (Å²) in [4.78, 5) is 21.5. The van der Waals surface area contributed by atoms with Gasteiger partial charge in [0.15, 0.2) is 5.13 Å². The molecule has 2 aromatic rings. The minimum atomic E-state index is -3.23. The van der Waals surface area contributed by atoms with Crippen LogP contribution >= 0.6 is 11.3 Å². The summed E-state index contributed by atoms with van der Waals surface area (Å²) >= 11 is 1.33. The van der Waals surface area contributed by atoms with E-state index in [1.807, 2.05) is 6.92 Å². The molecule has 0 aliphatic carbocycles. The second-order valence-electron chi connectivity index (χ2n) is 5.81. The third-order valence-electron chi connectivity index (χ3n) is 3.96. The van der Waals surface area contributed by atoms with Gasteiger partial charge in [0.1, 0.15) is 5.69 Å². The highest BCUT2D eigenvalue weighted by Gasteiger charge is 2.28. The van der Waals surface area contributed by atoms with Gasteiger partial charge in [-0.25, -0.2) is 13.4 Å². The van der Waals surface area contributed by atoms with Crippen LogP contribution < -0.4 is 5.32 Å². The average molecular weight is 380 g/mol. The van der Waals surface area contributed by atoms with Crippen molar-refractivity contribution >= 4 is 32.4 Å². The summed E-state index contributed by atoms with van der Waals surface area (Å²) in [6, 6.07) is 5.12. The van der Waals surface area contributed by atoms with Gasteiger partial charge in [-0.05, 0) is 18.6 Å². The maximum absolute atomic E-state index is 12.4. The van der Waals surface area contributed by atoms with Crippen molar-refractivity contribution in [2.45, 2.75) is 32.7 Å². The first-order valence-electron chi connectivity index (χ1n) is 8.18. The number of nitrogens with zero attached hydrogens (tertiary/aromatic N) is 3. The van der Waals surface area contributed by atoms with E-state index in [0.29, 0.717) is 36.8 Å². The SMILES string of the molecule is CCCCS(=O)(=O)N1CCc2nc(NC(=O)c3ccccn3)sc2C1. The molecule has 3 heterocycles. The number of amides is 1. The number of fused-ring (bicyclic) bond motifs is 1. The molecule has 0 bridgehead atoms. The lowest BCUT2D eigenvalue weighted by atomic mass is 10.2. The predicted octanol–water partition coefficient (Wildman–Crippen LogP) is 2.28. The molecule has 0 saturated carbocycles. The Kier molecular flexibility index (Phi) is 5.45. The number of pyridine rings is 1. The number of carbonyl (C=O) groups excluding carboxylic acids is 1. The normalized spacial score (nSPS) is 14.9. The van der Waals surface area contributed by atoms with Crippen LogP contribution in [-0.4, -0.2) is 40.9 Å². The molecule has 1 amide bonds. The summed E-state index contributed by atoms with van der Waals surface area (Å²) in [7, 11) is -3.23. The number of unbranched alkanes of at least 4 members (excludes halogenated alkanes) is 1. The lowest BCUT2D eigenvalue weighted by Crippen LogP contribution is -2.37. The molecule has 0 unspecified atom stereocenters. The molecule has 9 heteroatoms. The van der Waals surface area contributed by atoms with Crippen molar-refractivity contribution in [1.29, 1.82) is 0 Å². The van der Waals surface area contributed by atoms with Gasteiger partial charge in [-0.2, -0.15) is 4.31 Å². The highest BCUT2D eigenvalue weighted by molar-refractivity contribution is 7.89. The topological polar surface area (TPSA) is 92.3 Å². The Morgan fingerprint density at radius 3 is 2.96 bits per heavy atom. The van der Waals surface area contributed by atoms with E-state index in [0.717, 1.165) is 17.0 Å². The Morgan fingerprint density at radius 1 is 1.40 bits per heavy atom. The number of carbonyl (C=O) groups is 1. The first-order valence-corrected chi connectivity index (χ1v) is 10.6. The molecule has 1 aliphatic heterocycles. The third kappa shape index (κ3) is 4.23. The molecule has 0 spiro atoms. The number of aromatic nitrogens is 2. The molecule has 1 N–H and O–H groups in total. The third-order valence-corrected chi connectivity index (χ3v) is 6.86. The van der Waals surface area contributed by atoms with Gasteiger partial charge in [0, 0.05) is 30.6 Å². The number of anilines is 1. The molecule has 134 valence electrons. The molecule has 0 saturated heterocycles. The summed E-state index contributed by atoms with van der Waals surface area (Å²) < 4.78 is 26.2. The van der Waals surface area contributed by atoms with Crippen LogP contribution in [0.4, 0.5) is 5.13 Å². The number of thiazole rings is 1. The summed E-state index contributed by atoms with van der Waals surface area (Å²) in [6.45, 7) is 2.75. The lowest BCUT2D eigenvalue weighted by Gasteiger charge is -2.25. The fourth-order valence-corrected chi connectivity index (χ4v) is 5.28. The Hall–Kier alpha value is -1.84. The zero-order chi connectivity index (χ0) is 17.9. The monoisotopic (exact) mass is 380 g/mol. The van der Waals surface area contributed by atoms with Crippen LogP contribution in [0.1, 0.15) is 40.8 Å². The van der Waals surface area contributed by atoms with E-state index in [1.165, 1.54) is 15.6 Å². The standard InChI is InChI=1S/C16H20N4O3S2/c1-2-3-10-25(22,23)20-9-7-12-14(11-20)24-16(18-12)19-15(21)13-6-4-5-8-17-13/h4-6,8H,2-3,7,9-11H2,1H3,(H,18,19,21). The quantitative estimate of drug-likeness (QED) is 0.830. The van der Waals surface area contributed by atoms with E-state index in [1.54, 1.807) is 24.4 Å². The van der Waals surface area contributed by atoms with Crippen LogP contribution in [-0.2, 0) is 23.0 Å². The van der Waals surface area contributed by atoms with Crippen molar-refractivity contribution in [3.63, 3.8) is 0 Å². The number of hydrogen-bond donors (Lipinski definition) is 1. The molecule has 3 rings (SSSR count). The van der Waals surface area contributed by atoms with Crippen LogP contribution in [0, 0.1) is 0 Å². The summed E-state index contributed by atoms with van der Waals surface area (Å²) in [5.41, 5.74) is 1.18. The molecule has 0 radical (unpaired) electrons. The van der Waals surface area contributed by atoms with Crippen LogP contribution in [0.15, 0.2) is 24.4 Å². The number of hydrogen-bond acceptors (Lipinski definition) is 6. The van der Waals surface area contributed by atoms with Crippen molar-refractivity contribution in [2.24, 2.45) is 0 Å². The van der Waals surface area contributed by atoms with Gasteiger partial charge < -0.3 is 0 Å². The largest absolute Gasteiger partial charge is 0.296 e. The smallest absolute Gasteiger partial charge is 0.276 e. The van der Waals surface area contributed by atoms with Gasteiger partial charge in [-0.3, -0.25) is 15.1 Å². The van der Waals surface area contributed by atoms with Gasteiger partial charge in [0.2, 0.25) is 10.0 Å². The van der Waals surface area contributed by atoms with Crippen molar-refractivity contribution in [1.82, 2.24) is 14.3 Å². The number of rotatable bonds is 6. The van der Waals surface area contributed by atoms with E-state index in [2.05, 4.69) is 15.3 Å². The van der Waals surface area contributed by atoms with Crippen LogP contribution in [0.3, 0.4) is 0 Å². The van der Waals surface area contributed by atoms with Gasteiger partial charge in [-0.15, -0.1) is 11.3 Å². The summed E-state index contributed by atoms with van der Waals surface area (Å²) in [6.07, 6.45) is 3.64. The fraction of sp³-hybridized carbons (Fsp3) is 0.438. The molecule has 25 heavy (non-hydrogen) atoms. The first-order chi connectivity index (χ1) is 12.0. The van der Waals surface area contributed by atoms with E-state index in [9.17, 15) is 13.2 Å². The van der Waals surface area contributed by atoms with E-state index in [4.69, 9.17) is 0 Å². The zero-order valence-corrected chi connectivity index (χ0v) is 15.6. The van der Waals surface area contributed by atoms with Crippen molar-refractivity contribution in [3.8, 4) is 0 Å². The molecule has 0 atom stereocenters. The van der Waals surface area contributed by atoms with Gasteiger partial charge in [0.25, 0.3) is 5.91 Å². The molecule has 1 aliphatic rings. The molecule has 0 aromatic carbocycles. The minimum Gasteiger partial charge on any atom is -0.296 e. The molecular weight excluding hydrogens is 360 g/mol. The van der Waals surface area contributed by atoms with E-state index >= 15 is 0 Å². The van der Waals surface area contributed by atoms with Crippen molar-refractivity contribution in [3.05, 3.63) is 40.7 Å². The maximum atomic E-state index is 12.4. The second-order valence-corrected chi connectivity index (χ2v) is 8.98. The first kappa shape index (κ1) is 18.0. The summed E-state index contributed by atoms with van der Waals surface area (Å²) in [5.74, 6) is -0.139. The van der Waals surface area contributed by atoms with Crippen molar-refractivity contribution in [2.75, 3.05) is 17.6 Å². The Balaban J connectivity index is 1.70. The molecule has 7 nitrogen and oxygen atoms in total. The Bertz CT molecular complexity index is 850. The lowest BCUT2D eigenvalue weighted by molar-refractivity contribution is 0.102. The van der Waals surface area contributed by atoms with Crippen LogP contribution in [0.2, 0.25) is 0 Å². The Morgan fingerprint density at radius 2 is 2.24 bits per heavy atom. The number of sulfonamides is 1. The second kappa shape index (κ2) is 7.59. The van der Waals surface area contributed by atoms with E-state index < -0.39 is 10.0 Å². The number of nitrogens with one attached hydrogen (secondary N) is 1. The van der Waals surface area contributed by atoms with Crippen LogP contribution in [0.5, 0.6) is 0 Å². The Labute approximate surface area is 151 Å². The van der Waals surface area contributed by atoms with Crippen LogP contribution in [0.25, 0.3) is 0 Å².